The molecule has 1 atom stereocenters. The molecule has 1 heterocycles. The fraction of sp³-hybridized carbons (Fsp3) is 0.667. The second kappa shape index (κ2) is 6.39. The number of hydrogen-bond acceptors (Lipinski definition) is 4. The van der Waals surface area contributed by atoms with Gasteiger partial charge in [0.15, 0.2) is 0 Å². The van der Waals surface area contributed by atoms with Crippen LogP contribution in [0.25, 0.3) is 0 Å². The number of carbonyl (C=O) groups excluding carboxylic acids is 1. The van der Waals surface area contributed by atoms with Crippen molar-refractivity contribution in [3.05, 3.63) is 17.3 Å². The van der Waals surface area contributed by atoms with Crippen LogP contribution in [0, 0.1) is 13.8 Å². The monoisotopic (exact) mass is 239 g/mol. The van der Waals surface area contributed by atoms with Crippen LogP contribution in [-0.2, 0) is 11.3 Å². The molecule has 0 saturated heterocycles. The molecule has 96 valence electrons. The van der Waals surface area contributed by atoms with Gasteiger partial charge < -0.3 is 15.5 Å². The van der Waals surface area contributed by atoms with Gasteiger partial charge in [-0.05, 0) is 20.3 Å². The van der Waals surface area contributed by atoms with Gasteiger partial charge in [-0.15, -0.1) is 0 Å². The molecule has 0 aromatic carbocycles. The molecule has 0 radical (unpaired) electrons. The van der Waals surface area contributed by atoms with Crippen LogP contribution in [0.2, 0.25) is 0 Å². The van der Waals surface area contributed by atoms with E-state index in [-0.39, 0.29) is 11.9 Å². The van der Waals surface area contributed by atoms with E-state index in [9.17, 15) is 4.79 Å². The highest BCUT2D eigenvalue weighted by molar-refractivity contribution is 5.76. The van der Waals surface area contributed by atoms with Crippen molar-refractivity contribution in [1.29, 1.82) is 0 Å². The summed E-state index contributed by atoms with van der Waals surface area (Å²) in [5.74, 6) is 1.27. The standard InChI is InChI=1S/C12H21N3O2/c1-4-5-10(13)6-11(16)14-7-12-15-8(2)9(3)17-12/h10H,4-7,13H2,1-3H3,(H,14,16). The number of nitrogens with zero attached hydrogens (tertiary/aromatic N) is 1. The van der Waals surface area contributed by atoms with E-state index in [0.29, 0.717) is 18.9 Å². The Kier molecular flexibility index (Phi) is 5.15. The highest BCUT2D eigenvalue weighted by atomic mass is 16.4. The molecule has 0 aliphatic rings. The zero-order chi connectivity index (χ0) is 12.8. The number of nitrogens with one attached hydrogen (secondary N) is 1. The van der Waals surface area contributed by atoms with Crippen molar-refractivity contribution in [3.8, 4) is 0 Å². The summed E-state index contributed by atoms with van der Waals surface area (Å²) in [6, 6.07) is -0.0620. The number of amides is 1. The maximum Gasteiger partial charge on any atom is 0.221 e. The minimum atomic E-state index is -0.0620. The van der Waals surface area contributed by atoms with Crippen molar-refractivity contribution in [2.45, 2.75) is 52.6 Å². The molecule has 3 N–H and O–H groups in total. The molecule has 0 aliphatic heterocycles. The van der Waals surface area contributed by atoms with E-state index in [2.05, 4.69) is 17.2 Å². The quantitative estimate of drug-likeness (QED) is 0.786. The van der Waals surface area contributed by atoms with Gasteiger partial charge in [0.25, 0.3) is 0 Å². The SMILES string of the molecule is CCCC(N)CC(=O)NCc1nc(C)c(C)o1. The third kappa shape index (κ3) is 4.56. The molecular weight excluding hydrogens is 218 g/mol. The maximum absolute atomic E-state index is 11.5. The summed E-state index contributed by atoms with van der Waals surface area (Å²) in [6.45, 7) is 6.11. The Bertz CT molecular complexity index is 354. The molecule has 17 heavy (non-hydrogen) atoms. The Morgan fingerprint density at radius 1 is 1.53 bits per heavy atom. The molecule has 0 saturated carbocycles. The van der Waals surface area contributed by atoms with Gasteiger partial charge in [-0.25, -0.2) is 4.98 Å². The first-order valence-corrected chi connectivity index (χ1v) is 5.98. The van der Waals surface area contributed by atoms with Gasteiger partial charge in [-0.2, -0.15) is 0 Å². The molecule has 0 fully saturated rings. The smallest absolute Gasteiger partial charge is 0.221 e. The summed E-state index contributed by atoms with van der Waals surface area (Å²) in [5.41, 5.74) is 6.64. The van der Waals surface area contributed by atoms with Crippen molar-refractivity contribution >= 4 is 5.91 Å². The molecule has 5 heteroatoms. The van der Waals surface area contributed by atoms with Crippen molar-refractivity contribution in [1.82, 2.24) is 10.3 Å². The molecule has 1 aromatic rings. The van der Waals surface area contributed by atoms with Crippen molar-refractivity contribution in [2.75, 3.05) is 0 Å². The van der Waals surface area contributed by atoms with Crippen molar-refractivity contribution in [3.63, 3.8) is 0 Å². The summed E-state index contributed by atoms with van der Waals surface area (Å²) in [5, 5.41) is 2.75. The third-order valence-corrected chi connectivity index (χ3v) is 2.62. The number of hydrogen-bond donors (Lipinski definition) is 2. The highest BCUT2D eigenvalue weighted by Gasteiger charge is 2.10. The Morgan fingerprint density at radius 2 is 2.24 bits per heavy atom. The number of carbonyl (C=O) groups is 1. The number of rotatable bonds is 6. The lowest BCUT2D eigenvalue weighted by atomic mass is 10.1. The zero-order valence-electron chi connectivity index (χ0n) is 10.7. The lowest BCUT2D eigenvalue weighted by molar-refractivity contribution is -0.121. The minimum absolute atomic E-state index is 0.0561. The summed E-state index contributed by atoms with van der Waals surface area (Å²) in [7, 11) is 0. The lowest BCUT2D eigenvalue weighted by Gasteiger charge is -2.09. The minimum Gasteiger partial charge on any atom is -0.444 e. The van der Waals surface area contributed by atoms with Gasteiger partial charge in [-0.3, -0.25) is 4.79 Å². The van der Waals surface area contributed by atoms with Crippen LogP contribution in [-0.4, -0.2) is 16.9 Å². The number of aryl methyl sites for hydroxylation is 2. The first kappa shape index (κ1) is 13.7. The van der Waals surface area contributed by atoms with Crippen LogP contribution in [0.1, 0.15) is 43.5 Å². The van der Waals surface area contributed by atoms with Crippen LogP contribution >= 0.6 is 0 Å². The van der Waals surface area contributed by atoms with E-state index < -0.39 is 0 Å². The molecular formula is C12H21N3O2. The Hall–Kier alpha value is -1.36. The Morgan fingerprint density at radius 3 is 2.76 bits per heavy atom. The van der Waals surface area contributed by atoms with Gasteiger partial charge in [0.1, 0.15) is 5.76 Å². The van der Waals surface area contributed by atoms with Crippen molar-refractivity contribution in [2.24, 2.45) is 5.73 Å². The average Bonchev–Trinajstić information content (AvgIpc) is 2.56. The molecule has 1 amide bonds. The van der Waals surface area contributed by atoms with Gasteiger partial charge in [0, 0.05) is 12.5 Å². The maximum atomic E-state index is 11.5. The topological polar surface area (TPSA) is 81.2 Å². The first-order valence-electron chi connectivity index (χ1n) is 5.98. The fourth-order valence-electron chi connectivity index (χ4n) is 1.57. The molecule has 1 rings (SSSR count). The molecule has 1 unspecified atom stereocenters. The van der Waals surface area contributed by atoms with E-state index in [1.807, 2.05) is 13.8 Å². The molecule has 0 spiro atoms. The number of nitrogens with two attached hydrogens (primary N) is 1. The van der Waals surface area contributed by atoms with Gasteiger partial charge in [-0.1, -0.05) is 13.3 Å². The van der Waals surface area contributed by atoms with E-state index >= 15 is 0 Å². The first-order chi connectivity index (χ1) is 8.02. The molecule has 1 aromatic heterocycles. The average molecular weight is 239 g/mol. The Labute approximate surface area is 102 Å². The second-order valence-electron chi connectivity index (χ2n) is 4.28. The number of aromatic nitrogens is 1. The fourth-order valence-corrected chi connectivity index (χ4v) is 1.57. The van der Waals surface area contributed by atoms with Gasteiger partial charge in [0.05, 0.1) is 12.2 Å². The van der Waals surface area contributed by atoms with Crippen LogP contribution < -0.4 is 11.1 Å². The van der Waals surface area contributed by atoms with Crippen LogP contribution in [0.15, 0.2) is 4.42 Å². The zero-order valence-corrected chi connectivity index (χ0v) is 10.7. The van der Waals surface area contributed by atoms with Crippen molar-refractivity contribution < 1.29 is 9.21 Å². The van der Waals surface area contributed by atoms with E-state index in [1.54, 1.807) is 0 Å². The predicted octanol–water partition coefficient (Wildman–Crippen LogP) is 1.43. The number of oxazole rings is 1. The van der Waals surface area contributed by atoms with Crippen LogP contribution in [0.4, 0.5) is 0 Å². The normalized spacial score (nSPS) is 12.5. The largest absolute Gasteiger partial charge is 0.444 e. The summed E-state index contributed by atoms with van der Waals surface area (Å²) >= 11 is 0. The van der Waals surface area contributed by atoms with Crippen LogP contribution in [0.5, 0.6) is 0 Å². The van der Waals surface area contributed by atoms with Crippen LogP contribution in [0.3, 0.4) is 0 Å². The molecule has 0 aliphatic carbocycles. The predicted molar refractivity (Wildman–Crippen MR) is 65.3 cm³/mol. The Balaban J connectivity index is 2.33. The van der Waals surface area contributed by atoms with Gasteiger partial charge in [0.2, 0.25) is 11.8 Å². The summed E-state index contributed by atoms with van der Waals surface area (Å²) < 4.78 is 5.36. The highest BCUT2D eigenvalue weighted by Crippen LogP contribution is 2.07. The second-order valence-corrected chi connectivity index (χ2v) is 4.28. The van der Waals surface area contributed by atoms with E-state index in [1.165, 1.54) is 0 Å². The molecule has 0 bridgehead atoms. The summed E-state index contributed by atoms with van der Waals surface area (Å²) in [4.78, 5) is 15.7. The van der Waals surface area contributed by atoms with E-state index in [0.717, 1.165) is 24.3 Å². The molecule has 5 nitrogen and oxygen atoms in total. The summed E-state index contributed by atoms with van der Waals surface area (Å²) in [6.07, 6.45) is 2.21. The van der Waals surface area contributed by atoms with Gasteiger partial charge >= 0.3 is 0 Å². The lowest BCUT2D eigenvalue weighted by Crippen LogP contribution is -2.31. The third-order valence-electron chi connectivity index (χ3n) is 2.62. The van der Waals surface area contributed by atoms with E-state index in [4.69, 9.17) is 10.2 Å².